The minimum atomic E-state index is -0.860. The normalized spacial score (nSPS) is 12.6. The molecule has 2 atom stereocenters. The number of ether oxygens (including phenoxy) is 1. The van der Waals surface area contributed by atoms with Crippen LogP contribution >= 0.6 is 0 Å². The summed E-state index contributed by atoms with van der Waals surface area (Å²) in [6, 6.07) is 22.4. The van der Waals surface area contributed by atoms with Gasteiger partial charge in [-0.25, -0.2) is 0 Å². The minimum absolute atomic E-state index is 0.0215. The first-order valence-electron chi connectivity index (χ1n) is 11.5. The predicted octanol–water partition coefficient (Wildman–Crippen LogP) is 6.73. The van der Waals surface area contributed by atoms with E-state index in [-0.39, 0.29) is 18.4 Å². The highest BCUT2D eigenvalue weighted by atomic mass is 16.5. The molecule has 34 heavy (non-hydrogen) atoms. The summed E-state index contributed by atoms with van der Waals surface area (Å²) in [4.78, 5) is 14.6. The number of nitrogens with one attached hydrogen (secondary N) is 1. The van der Waals surface area contributed by atoms with E-state index < -0.39 is 5.97 Å². The van der Waals surface area contributed by atoms with Gasteiger partial charge in [0, 0.05) is 18.1 Å². The SMILES string of the molecule is CC#CC(CC(=O)O)c1ccc(OC(Cc2ccccc2C)c2ccc3cc[nH]c3c2C)cc1. The second-order valence-electron chi connectivity index (χ2n) is 8.57. The Morgan fingerprint density at radius 1 is 1.03 bits per heavy atom. The van der Waals surface area contributed by atoms with Gasteiger partial charge in [0.25, 0.3) is 0 Å². The van der Waals surface area contributed by atoms with Crippen LogP contribution in [0.2, 0.25) is 0 Å². The smallest absolute Gasteiger partial charge is 0.304 e. The minimum Gasteiger partial charge on any atom is -0.485 e. The number of H-pyrrole nitrogens is 1. The zero-order valence-corrected chi connectivity index (χ0v) is 19.8. The van der Waals surface area contributed by atoms with Crippen molar-refractivity contribution >= 4 is 16.9 Å². The summed E-state index contributed by atoms with van der Waals surface area (Å²) in [6.45, 7) is 5.98. The fourth-order valence-corrected chi connectivity index (χ4v) is 4.44. The Morgan fingerprint density at radius 3 is 2.50 bits per heavy atom. The van der Waals surface area contributed by atoms with E-state index in [9.17, 15) is 9.90 Å². The molecular weight excluding hydrogens is 422 g/mol. The average molecular weight is 452 g/mol. The van der Waals surface area contributed by atoms with Gasteiger partial charge in [-0.05, 0) is 72.2 Å². The van der Waals surface area contributed by atoms with Crippen molar-refractivity contribution in [2.45, 2.75) is 45.6 Å². The molecule has 0 aliphatic rings. The van der Waals surface area contributed by atoms with Gasteiger partial charge in [-0.1, -0.05) is 54.5 Å². The third kappa shape index (κ3) is 5.15. The van der Waals surface area contributed by atoms with E-state index in [1.54, 1.807) is 6.92 Å². The predicted molar refractivity (Wildman–Crippen MR) is 136 cm³/mol. The summed E-state index contributed by atoms with van der Waals surface area (Å²) in [7, 11) is 0. The van der Waals surface area contributed by atoms with Crippen molar-refractivity contribution in [2.24, 2.45) is 0 Å². The topological polar surface area (TPSA) is 62.3 Å². The van der Waals surface area contributed by atoms with Crippen LogP contribution in [0.5, 0.6) is 5.75 Å². The second-order valence-corrected chi connectivity index (χ2v) is 8.57. The van der Waals surface area contributed by atoms with E-state index in [0.29, 0.717) is 0 Å². The number of benzene rings is 3. The van der Waals surface area contributed by atoms with Gasteiger partial charge in [0.15, 0.2) is 0 Å². The molecule has 0 fully saturated rings. The highest BCUT2D eigenvalue weighted by Gasteiger charge is 2.20. The number of hydrogen-bond donors (Lipinski definition) is 2. The van der Waals surface area contributed by atoms with E-state index in [1.807, 2.05) is 30.5 Å². The number of carboxylic acid groups (broad SMARTS) is 1. The van der Waals surface area contributed by atoms with Crippen LogP contribution in [0.15, 0.2) is 72.9 Å². The maximum Gasteiger partial charge on any atom is 0.304 e. The lowest BCUT2D eigenvalue weighted by molar-refractivity contribution is -0.137. The number of carbonyl (C=O) groups is 1. The maximum atomic E-state index is 11.2. The van der Waals surface area contributed by atoms with E-state index in [2.05, 4.69) is 73.1 Å². The number of hydrogen-bond acceptors (Lipinski definition) is 2. The quantitative estimate of drug-likeness (QED) is 0.292. The Bertz CT molecular complexity index is 1360. The number of aromatic nitrogens is 1. The number of aryl methyl sites for hydroxylation is 2. The van der Waals surface area contributed by atoms with Gasteiger partial charge in [0.05, 0.1) is 12.3 Å². The van der Waals surface area contributed by atoms with Crippen LogP contribution in [0.1, 0.15) is 53.2 Å². The fraction of sp³-hybridized carbons (Fsp3) is 0.233. The van der Waals surface area contributed by atoms with Gasteiger partial charge in [-0.15, -0.1) is 5.92 Å². The first kappa shape index (κ1) is 23.2. The van der Waals surface area contributed by atoms with Gasteiger partial charge in [-0.2, -0.15) is 0 Å². The lowest BCUT2D eigenvalue weighted by Gasteiger charge is -2.23. The highest BCUT2D eigenvalue weighted by Crippen LogP contribution is 2.32. The van der Waals surface area contributed by atoms with Crippen LogP contribution in [0.4, 0.5) is 0 Å². The molecule has 4 rings (SSSR count). The zero-order chi connectivity index (χ0) is 24.1. The number of aromatic amines is 1. The first-order valence-corrected chi connectivity index (χ1v) is 11.5. The summed E-state index contributed by atoms with van der Waals surface area (Å²) >= 11 is 0. The molecule has 172 valence electrons. The van der Waals surface area contributed by atoms with Crippen LogP contribution in [-0.2, 0) is 11.2 Å². The van der Waals surface area contributed by atoms with Crippen molar-refractivity contribution in [3.8, 4) is 17.6 Å². The number of aliphatic carboxylic acids is 1. The highest BCUT2D eigenvalue weighted by molar-refractivity contribution is 5.83. The molecule has 0 aliphatic carbocycles. The van der Waals surface area contributed by atoms with Gasteiger partial charge in [-0.3, -0.25) is 4.79 Å². The van der Waals surface area contributed by atoms with Crippen LogP contribution in [0.3, 0.4) is 0 Å². The summed E-state index contributed by atoms with van der Waals surface area (Å²) in [5.41, 5.74) is 6.80. The molecule has 0 saturated heterocycles. The third-order valence-electron chi connectivity index (χ3n) is 6.30. The zero-order valence-electron chi connectivity index (χ0n) is 19.8. The van der Waals surface area contributed by atoms with Gasteiger partial charge < -0.3 is 14.8 Å². The molecular formula is C30H29NO3. The lowest BCUT2D eigenvalue weighted by atomic mass is 9.94. The maximum absolute atomic E-state index is 11.2. The molecule has 0 spiro atoms. The number of rotatable bonds is 8. The number of fused-ring (bicyclic) bond motifs is 1. The number of carboxylic acids is 1. The monoisotopic (exact) mass is 451 g/mol. The summed E-state index contributed by atoms with van der Waals surface area (Å²) in [6.07, 6.45) is 2.51. The molecule has 0 radical (unpaired) electrons. The van der Waals surface area contributed by atoms with E-state index in [4.69, 9.17) is 4.74 Å². The molecule has 1 aromatic heterocycles. The van der Waals surface area contributed by atoms with Crippen LogP contribution in [0.25, 0.3) is 10.9 Å². The second kappa shape index (κ2) is 10.3. The molecule has 0 bridgehead atoms. The average Bonchev–Trinajstić information content (AvgIpc) is 3.30. The Hall–Kier alpha value is -3.97. The van der Waals surface area contributed by atoms with Crippen molar-refractivity contribution in [3.63, 3.8) is 0 Å². The molecule has 1 heterocycles. The van der Waals surface area contributed by atoms with Gasteiger partial charge in [0.2, 0.25) is 0 Å². The Morgan fingerprint density at radius 2 is 1.79 bits per heavy atom. The standard InChI is InChI=1S/C30H29NO3/c1-4-7-25(19-29(32)33)22-10-13-26(14-11-22)34-28(18-24-9-6-5-8-20(24)2)27-15-12-23-16-17-31-30(23)21(27)3/h5-6,8-17,25,28,31H,18-19H2,1-3H3,(H,32,33). The van der Waals surface area contributed by atoms with Crippen LogP contribution < -0.4 is 4.74 Å². The Kier molecular flexibility index (Phi) is 7.04. The molecule has 0 aliphatic heterocycles. The largest absolute Gasteiger partial charge is 0.485 e. The van der Waals surface area contributed by atoms with Crippen LogP contribution in [0, 0.1) is 25.7 Å². The van der Waals surface area contributed by atoms with Gasteiger partial charge >= 0.3 is 5.97 Å². The third-order valence-corrected chi connectivity index (χ3v) is 6.30. The van der Waals surface area contributed by atoms with E-state index >= 15 is 0 Å². The van der Waals surface area contributed by atoms with Crippen molar-refractivity contribution in [3.05, 3.63) is 101 Å². The summed E-state index contributed by atoms with van der Waals surface area (Å²) in [5.74, 6) is 5.39. The Balaban J connectivity index is 1.66. The molecule has 4 heteroatoms. The molecule has 3 aromatic carbocycles. The van der Waals surface area contributed by atoms with Crippen molar-refractivity contribution in [1.82, 2.24) is 4.98 Å². The summed E-state index contributed by atoms with van der Waals surface area (Å²) in [5, 5.41) is 10.4. The van der Waals surface area contributed by atoms with Crippen molar-refractivity contribution in [2.75, 3.05) is 0 Å². The Labute approximate surface area is 200 Å². The molecule has 4 nitrogen and oxygen atoms in total. The van der Waals surface area contributed by atoms with Crippen molar-refractivity contribution < 1.29 is 14.6 Å². The van der Waals surface area contributed by atoms with Crippen LogP contribution in [-0.4, -0.2) is 16.1 Å². The molecule has 4 aromatic rings. The lowest BCUT2D eigenvalue weighted by Crippen LogP contribution is -2.13. The molecule has 2 N–H and O–H groups in total. The molecule has 0 amide bonds. The molecule has 2 unspecified atom stereocenters. The first-order chi connectivity index (χ1) is 16.5. The fourth-order valence-electron chi connectivity index (χ4n) is 4.44. The molecule has 0 saturated carbocycles. The van der Waals surface area contributed by atoms with E-state index in [0.717, 1.165) is 28.8 Å². The van der Waals surface area contributed by atoms with Crippen molar-refractivity contribution in [1.29, 1.82) is 0 Å². The van der Waals surface area contributed by atoms with Gasteiger partial charge in [0.1, 0.15) is 11.9 Å². The van der Waals surface area contributed by atoms with E-state index in [1.165, 1.54) is 22.1 Å². The summed E-state index contributed by atoms with van der Waals surface area (Å²) < 4.78 is 6.58.